The van der Waals surface area contributed by atoms with E-state index >= 15 is 0 Å². The second-order valence-electron chi connectivity index (χ2n) is 5.34. The molecule has 0 spiro atoms. The summed E-state index contributed by atoms with van der Waals surface area (Å²) in [6, 6.07) is 12.4. The number of ether oxygens (including phenoxy) is 3. The molecule has 0 fully saturated rings. The van der Waals surface area contributed by atoms with E-state index in [0.717, 1.165) is 17.7 Å². The molecule has 2 aromatic rings. The minimum atomic E-state index is -0.114. The molecule has 3 rings (SSSR count). The van der Waals surface area contributed by atoms with Crippen molar-refractivity contribution in [2.75, 3.05) is 19.8 Å². The second kappa shape index (κ2) is 7.05. The second-order valence-corrected chi connectivity index (χ2v) is 5.34. The van der Waals surface area contributed by atoms with E-state index in [2.05, 4.69) is 6.07 Å². The van der Waals surface area contributed by atoms with Gasteiger partial charge in [0.25, 0.3) is 0 Å². The van der Waals surface area contributed by atoms with Crippen molar-refractivity contribution < 1.29 is 19.0 Å². The Morgan fingerprint density at radius 2 is 2.08 bits per heavy atom. The van der Waals surface area contributed by atoms with Crippen LogP contribution in [0.4, 0.5) is 0 Å². The molecular weight excluding hydrogens is 306 g/mol. The summed E-state index contributed by atoms with van der Waals surface area (Å²) in [4.78, 5) is 12.4. The van der Waals surface area contributed by atoms with E-state index in [0.29, 0.717) is 35.8 Å². The minimum Gasteiger partial charge on any atom is -0.493 e. The molecule has 0 unspecified atom stereocenters. The van der Waals surface area contributed by atoms with Crippen molar-refractivity contribution in [3.05, 3.63) is 53.1 Å². The van der Waals surface area contributed by atoms with E-state index in [1.807, 2.05) is 19.1 Å². The molecule has 0 bridgehead atoms. The van der Waals surface area contributed by atoms with Gasteiger partial charge in [-0.3, -0.25) is 4.79 Å². The van der Waals surface area contributed by atoms with E-state index in [9.17, 15) is 4.79 Å². The number of ketones is 1. The molecule has 1 heterocycles. The highest BCUT2D eigenvalue weighted by molar-refractivity contribution is 5.97. The lowest BCUT2D eigenvalue weighted by atomic mass is 10.1. The molecule has 5 heteroatoms. The van der Waals surface area contributed by atoms with Gasteiger partial charge in [-0.25, -0.2) is 0 Å². The van der Waals surface area contributed by atoms with Gasteiger partial charge in [-0.15, -0.1) is 0 Å². The quantitative estimate of drug-likeness (QED) is 0.764. The van der Waals surface area contributed by atoms with E-state index in [-0.39, 0.29) is 12.4 Å². The first-order valence-corrected chi connectivity index (χ1v) is 7.80. The largest absolute Gasteiger partial charge is 0.493 e. The molecule has 0 aliphatic carbocycles. The molecule has 0 aromatic heterocycles. The summed E-state index contributed by atoms with van der Waals surface area (Å²) >= 11 is 0. The number of carbonyl (C=O) groups is 1. The molecule has 1 aliphatic heterocycles. The Hall–Kier alpha value is -3.00. The van der Waals surface area contributed by atoms with Crippen LogP contribution in [0.15, 0.2) is 36.4 Å². The number of hydrogen-bond donors (Lipinski definition) is 0. The third-order valence-corrected chi connectivity index (χ3v) is 3.74. The Kier molecular flexibility index (Phi) is 4.66. The fraction of sp³-hybridized carbons (Fsp3) is 0.263. The van der Waals surface area contributed by atoms with Crippen LogP contribution in [0.25, 0.3) is 0 Å². The van der Waals surface area contributed by atoms with Crippen LogP contribution in [0.1, 0.15) is 28.4 Å². The lowest BCUT2D eigenvalue weighted by Gasteiger charge is -2.12. The maximum absolute atomic E-state index is 12.4. The summed E-state index contributed by atoms with van der Waals surface area (Å²) in [7, 11) is 0. The first kappa shape index (κ1) is 15.9. The summed E-state index contributed by atoms with van der Waals surface area (Å²) in [6.07, 6.45) is 0.821. The van der Waals surface area contributed by atoms with Crippen molar-refractivity contribution in [3.63, 3.8) is 0 Å². The van der Waals surface area contributed by atoms with Crippen LogP contribution in [0.5, 0.6) is 17.2 Å². The van der Waals surface area contributed by atoms with Gasteiger partial charge in [0.2, 0.25) is 0 Å². The van der Waals surface area contributed by atoms with Crippen molar-refractivity contribution in [2.24, 2.45) is 0 Å². The number of carbonyl (C=O) groups excluding carboxylic acids is 1. The van der Waals surface area contributed by atoms with E-state index in [4.69, 9.17) is 19.5 Å². The van der Waals surface area contributed by atoms with Gasteiger partial charge >= 0.3 is 0 Å². The topological polar surface area (TPSA) is 68.5 Å². The van der Waals surface area contributed by atoms with Crippen LogP contribution >= 0.6 is 0 Å². The van der Waals surface area contributed by atoms with E-state index < -0.39 is 0 Å². The van der Waals surface area contributed by atoms with Gasteiger partial charge in [-0.2, -0.15) is 5.26 Å². The summed E-state index contributed by atoms with van der Waals surface area (Å²) < 4.78 is 16.5. The molecule has 0 radical (unpaired) electrons. The molecule has 24 heavy (non-hydrogen) atoms. The fourth-order valence-electron chi connectivity index (χ4n) is 2.55. The Labute approximate surface area is 140 Å². The van der Waals surface area contributed by atoms with E-state index in [1.165, 1.54) is 0 Å². The molecular formula is C19H17NO4. The van der Waals surface area contributed by atoms with Crippen molar-refractivity contribution >= 4 is 5.78 Å². The van der Waals surface area contributed by atoms with Crippen molar-refractivity contribution in [2.45, 2.75) is 13.3 Å². The number of rotatable bonds is 6. The predicted molar refractivity (Wildman–Crippen MR) is 87.8 cm³/mol. The highest BCUT2D eigenvalue weighted by Crippen LogP contribution is 2.29. The normalized spacial score (nSPS) is 12.0. The predicted octanol–water partition coefficient (Wildman–Crippen LogP) is 3.15. The Morgan fingerprint density at radius 3 is 2.88 bits per heavy atom. The molecule has 0 saturated heterocycles. The summed E-state index contributed by atoms with van der Waals surface area (Å²) in [5.74, 6) is 1.65. The maximum Gasteiger partial charge on any atom is 0.200 e. The molecule has 1 aliphatic rings. The van der Waals surface area contributed by atoms with Crippen LogP contribution in [-0.4, -0.2) is 25.6 Å². The number of fused-ring (bicyclic) bond motifs is 1. The SMILES string of the molecule is CCOc1cc(C#N)ccc1OCC(=O)c1ccc2c(c1)CCO2. The van der Waals surface area contributed by atoms with Crippen LogP contribution in [0, 0.1) is 11.3 Å². The minimum absolute atomic E-state index is 0.0916. The summed E-state index contributed by atoms with van der Waals surface area (Å²) in [6.45, 7) is 2.86. The average Bonchev–Trinajstić information content (AvgIpc) is 3.08. The molecule has 2 aromatic carbocycles. The zero-order valence-electron chi connectivity index (χ0n) is 13.4. The highest BCUT2D eigenvalue weighted by Gasteiger charge is 2.16. The van der Waals surface area contributed by atoms with Gasteiger partial charge < -0.3 is 14.2 Å². The van der Waals surface area contributed by atoms with Crippen LogP contribution in [0.2, 0.25) is 0 Å². The van der Waals surface area contributed by atoms with Crippen LogP contribution in [-0.2, 0) is 6.42 Å². The van der Waals surface area contributed by atoms with Gasteiger partial charge in [-0.05, 0) is 42.8 Å². The molecule has 0 atom stereocenters. The van der Waals surface area contributed by atoms with Crippen LogP contribution in [0.3, 0.4) is 0 Å². The lowest BCUT2D eigenvalue weighted by Crippen LogP contribution is -2.12. The van der Waals surface area contributed by atoms with Gasteiger partial charge in [0.05, 0.1) is 24.8 Å². The van der Waals surface area contributed by atoms with Crippen molar-refractivity contribution in [3.8, 4) is 23.3 Å². The molecule has 5 nitrogen and oxygen atoms in total. The standard InChI is InChI=1S/C19H17NO4/c1-2-22-19-9-13(11-20)3-5-18(19)24-12-16(21)14-4-6-17-15(10-14)7-8-23-17/h3-6,9-10H,2,7-8,12H2,1H3. The average molecular weight is 323 g/mol. The Morgan fingerprint density at radius 1 is 1.21 bits per heavy atom. The van der Waals surface area contributed by atoms with Crippen LogP contribution < -0.4 is 14.2 Å². The van der Waals surface area contributed by atoms with Gasteiger partial charge in [0.15, 0.2) is 23.9 Å². The summed E-state index contributed by atoms with van der Waals surface area (Å²) in [5, 5.41) is 8.95. The number of Topliss-reactive ketones (excluding diaryl/α,β-unsaturated/α-hetero) is 1. The van der Waals surface area contributed by atoms with Gasteiger partial charge in [0, 0.05) is 18.1 Å². The molecule has 0 saturated carbocycles. The number of nitrogens with zero attached hydrogens (tertiary/aromatic N) is 1. The first-order valence-electron chi connectivity index (χ1n) is 7.80. The molecule has 0 N–H and O–H groups in total. The lowest BCUT2D eigenvalue weighted by molar-refractivity contribution is 0.0919. The summed E-state index contributed by atoms with van der Waals surface area (Å²) in [5.41, 5.74) is 2.14. The van der Waals surface area contributed by atoms with E-state index in [1.54, 1.807) is 24.3 Å². The Balaban J connectivity index is 1.71. The smallest absolute Gasteiger partial charge is 0.200 e. The highest BCUT2D eigenvalue weighted by atomic mass is 16.5. The van der Waals surface area contributed by atoms with Crippen molar-refractivity contribution in [1.29, 1.82) is 5.26 Å². The number of benzene rings is 2. The number of nitriles is 1. The molecule has 122 valence electrons. The third kappa shape index (κ3) is 3.33. The molecule has 0 amide bonds. The van der Waals surface area contributed by atoms with Gasteiger partial charge in [0.1, 0.15) is 5.75 Å². The first-order chi connectivity index (χ1) is 11.7. The van der Waals surface area contributed by atoms with Gasteiger partial charge in [-0.1, -0.05) is 0 Å². The fourth-order valence-corrected chi connectivity index (χ4v) is 2.55. The Bertz CT molecular complexity index is 807. The third-order valence-electron chi connectivity index (χ3n) is 3.74. The zero-order chi connectivity index (χ0) is 16.9. The van der Waals surface area contributed by atoms with Crippen molar-refractivity contribution in [1.82, 2.24) is 0 Å². The number of hydrogen-bond acceptors (Lipinski definition) is 5. The zero-order valence-corrected chi connectivity index (χ0v) is 13.4. The monoisotopic (exact) mass is 323 g/mol. The maximum atomic E-state index is 12.4.